The molecule has 22 heavy (non-hydrogen) atoms. The molecule has 0 aliphatic heterocycles. The highest BCUT2D eigenvalue weighted by Crippen LogP contribution is 2.24. The lowest BCUT2D eigenvalue weighted by molar-refractivity contribution is 0.150. The van der Waals surface area contributed by atoms with Crippen molar-refractivity contribution in [1.82, 2.24) is 0 Å². The molecule has 0 atom stereocenters. The minimum atomic E-state index is -3.54. The van der Waals surface area contributed by atoms with Gasteiger partial charge in [-0.2, -0.15) is 0 Å². The van der Waals surface area contributed by atoms with Crippen LogP contribution in [-0.4, -0.2) is 6.10 Å². The van der Waals surface area contributed by atoms with Gasteiger partial charge in [0, 0.05) is 5.56 Å². The first kappa shape index (κ1) is 15.8. The number of halogens is 2. The Morgan fingerprint density at radius 2 is 1.27 bits per heavy atom. The number of hydrogen-bond donors (Lipinski definition) is 0. The quantitative estimate of drug-likeness (QED) is 0.605. The summed E-state index contributed by atoms with van der Waals surface area (Å²) in [4.78, 5) is 0. The summed E-state index contributed by atoms with van der Waals surface area (Å²) in [7, 11) is 0. The summed E-state index contributed by atoms with van der Waals surface area (Å²) in [5.74, 6) is 0.634. The van der Waals surface area contributed by atoms with Gasteiger partial charge in [0.25, 0.3) is 6.40 Å². The van der Waals surface area contributed by atoms with Crippen molar-refractivity contribution in [3.05, 3.63) is 29.8 Å². The first-order chi connectivity index (χ1) is 11.1. The third-order valence-electron chi connectivity index (χ3n) is 4.43. The van der Waals surface area contributed by atoms with Crippen molar-refractivity contribution in [1.29, 1.82) is 0 Å². The van der Waals surface area contributed by atoms with Crippen LogP contribution >= 0.6 is 0 Å². The van der Waals surface area contributed by atoms with Gasteiger partial charge in [0.2, 0.25) is 0 Å². The molecule has 0 spiro atoms. The molecule has 1 aliphatic carbocycles. The number of hydrogen-bond acceptors (Lipinski definition) is 1. The van der Waals surface area contributed by atoms with Crippen LogP contribution < -0.4 is 4.74 Å². The molecule has 0 amide bonds. The number of alkyl halides is 2. The highest BCUT2D eigenvalue weighted by molar-refractivity contribution is 5.28. The zero-order valence-electron chi connectivity index (χ0n) is 14.3. The summed E-state index contributed by atoms with van der Waals surface area (Å²) in [6, 6.07) is 5.71. The van der Waals surface area contributed by atoms with Gasteiger partial charge < -0.3 is 4.74 Å². The van der Waals surface area contributed by atoms with E-state index in [4.69, 9.17) is 6.11 Å². The predicted octanol–water partition coefficient (Wildman–Crippen LogP) is 6.68. The van der Waals surface area contributed by atoms with E-state index in [1.54, 1.807) is 12.1 Å². The molecule has 0 heterocycles. The Morgan fingerprint density at radius 3 is 1.73 bits per heavy atom. The van der Waals surface area contributed by atoms with E-state index in [1.807, 2.05) is 0 Å². The van der Waals surface area contributed by atoms with Crippen LogP contribution in [0.15, 0.2) is 24.3 Å². The second-order valence-electron chi connectivity index (χ2n) is 6.28. The topological polar surface area (TPSA) is 9.23 Å². The molecule has 0 bridgehead atoms. The molecule has 1 aromatic rings. The van der Waals surface area contributed by atoms with Gasteiger partial charge in [0.1, 0.15) is 7.12 Å². The van der Waals surface area contributed by atoms with Crippen molar-refractivity contribution < 1.29 is 14.9 Å². The third-order valence-corrected chi connectivity index (χ3v) is 4.43. The summed E-state index contributed by atoms with van der Waals surface area (Å²) in [5.41, 5.74) is -0.288. The maximum Gasteiger partial charge on any atom is 0.263 e. The summed E-state index contributed by atoms with van der Waals surface area (Å²) in [6.07, 6.45) is 10.2. The summed E-state index contributed by atoms with van der Waals surface area (Å²) >= 11 is 0. The Labute approximate surface area is 134 Å². The van der Waals surface area contributed by atoms with E-state index in [9.17, 15) is 8.78 Å². The van der Waals surface area contributed by atoms with Crippen LogP contribution in [-0.2, 0) is 0 Å². The predicted molar refractivity (Wildman–Crippen MR) is 86.6 cm³/mol. The van der Waals surface area contributed by atoms with Gasteiger partial charge in [0.15, 0.2) is 0 Å². The highest BCUT2D eigenvalue weighted by Gasteiger charge is 2.12. The van der Waals surface area contributed by atoms with Gasteiger partial charge in [-0.05, 0) is 49.9 Å². The zero-order valence-corrected chi connectivity index (χ0v) is 13.3. The minimum absolute atomic E-state index is 0.178. The number of benzene rings is 1. The lowest BCUT2D eigenvalue weighted by Gasteiger charge is -2.20. The minimum Gasteiger partial charge on any atom is -0.490 e. The van der Waals surface area contributed by atoms with Crippen molar-refractivity contribution in [3.8, 4) is 5.75 Å². The molecule has 2 rings (SSSR count). The average molecular weight is 311 g/mol. The van der Waals surface area contributed by atoms with Crippen molar-refractivity contribution in [2.45, 2.75) is 83.1 Å². The van der Waals surface area contributed by atoms with E-state index in [-0.39, 0.29) is 11.7 Å². The molecule has 3 heteroatoms. The molecule has 1 aliphatic rings. The Hall–Kier alpha value is -1.12. The van der Waals surface area contributed by atoms with E-state index in [0.29, 0.717) is 5.75 Å². The zero-order chi connectivity index (χ0) is 16.5. The molecular weight excluding hydrogens is 282 g/mol. The van der Waals surface area contributed by atoms with Crippen LogP contribution in [0.2, 0.25) is 0 Å². The van der Waals surface area contributed by atoms with Crippen molar-refractivity contribution in [3.63, 3.8) is 0 Å². The fourth-order valence-corrected chi connectivity index (χ4v) is 3.10. The standard InChI is InChI=1S/C19H28F2O/c20-19(21)16-12-14-18(15-13-16)22-17-10-8-6-4-2-1-3-5-7-9-11-17/h12-15,17,19H,1-11H2/i19D. The SMILES string of the molecule is [2H]C(F)(F)c1ccc(OC2CCCCCCCCCCC2)cc1. The molecule has 0 saturated heterocycles. The second-order valence-corrected chi connectivity index (χ2v) is 6.28. The van der Waals surface area contributed by atoms with E-state index in [0.717, 1.165) is 12.8 Å². The Kier molecular flexibility index (Phi) is 7.03. The maximum absolute atomic E-state index is 12.9. The highest BCUT2D eigenvalue weighted by atomic mass is 19.3. The summed E-state index contributed by atoms with van der Waals surface area (Å²) in [5, 5.41) is 0. The Balaban J connectivity index is 1.89. The van der Waals surface area contributed by atoms with Gasteiger partial charge in [-0.1, -0.05) is 44.9 Å². The molecular formula is C19H28F2O. The van der Waals surface area contributed by atoms with Gasteiger partial charge in [0.05, 0.1) is 6.10 Å². The molecule has 1 fully saturated rings. The van der Waals surface area contributed by atoms with Crippen molar-refractivity contribution in [2.75, 3.05) is 0 Å². The third kappa shape index (κ3) is 6.33. The Bertz CT molecular complexity index is 430. The smallest absolute Gasteiger partial charge is 0.263 e. The normalized spacial score (nSPS) is 20.5. The molecule has 124 valence electrons. The maximum atomic E-state index is 12.9. The van der Waals surface area contributed by atoms with E-state index >= 15 is 0 Å². The first-order valence-corrected chi connectivity index (χ1v) is 8.71. The van der Waals surface area contributed by atoms with Crippen LogP contribution in [0.25, 0.3) is 0 Å². The van der Waals surface area contributed by atoms with Gasteiger partial charge in [-0.15, -0.1) is 0 Å². The van der Waals surface area contributed by atoms with Crippen LogP contribution in [0.5, 0.6) is 5.75 Å². The van der Waals surface area contributed by atoms with Gasteiger partial charge in [-0.25, -0.2) is 8.78 Å². The second kappa shape index (κ2) is 9.81. The van der Waals surface area contributed by atoms with E-state index in [1.165, 1.54) is 69.9 Å². The molecule has 1 nitrogen and oxygen atoms in total. The molecule has 0 unspecified atom stereocenters. The van der Waals surface area contributed by atoms with Crippen LogP contribution in [0.1, 0.15) is 84.0 Å². The Morgan fingerprint density at radius 1 is 0.818 bits per heavy atom. The summed E-state index contributed by atoms with van der Waals surface area (Å²) in [6.45, 7) is 0. The van der Waals surface area contributed by atoms with Crippen LogP contribution in [0.3, 0.4) is 0 Å². The van der Waals surface area contributed by atoms with Gasteiger partial charge >= 0.3 is 0 Å². The molecule has 0 N–H and O–H groups in total. The lowest BCUT2D eigenvalue weighted by Crippen LogP contribution is -2.16. The molecule has 0 aromatic heterocycles. The average Bonchev–Trinajstić information content (AvgIpc) is 2.49. The summed E-state index contributed by atoms with van der Waals surface area (Å²) < 4.78 is 38.6. The number of rotatable bonds is 3. The fourth-order valence-electron chi connectivity index (χ4n) is 3.10. The fraction of sp³-hybridized carbons (Fsp3) is 0.684. The number of ether oxygens (including phenoxy) is 1. The molecule has 1 aromatic carbocycles. The van der Waals surface area contributed by atoms with E-state index < -0.39 is 6.40 Å². The molecule has 0 radical (unpaired) electrons. The van der Waals surface area contributed by atoms with Crippen LogP contribution in [0.4, 0.5) is 8.78 Å². The monoisotopic (exact) mass is 311 g/mol. The van der Waals surface area contributed by atoms with Crippen LogP contribution in [0, 0.1) is 0 Å². The largest absolute Gasteiger partial charge is 0.490 e. The van der Waals surface area contributed by atoms with E-state index in [2.05, 4.69) is 0 Å². The van der Waals surface area contributed by atoms with Gasteiger partial charge in [-0.3, -0.25) is 0 Å². The van der Waals surface area contributed by atoms with Crippen molar-refractivity contribution >= 4 is 0 Å². The first-order valence-electron chi connectivity index (χ1n) is 9.21. The molecule has 1 saturated carbocycles. The van der Waals surface area contributed by atoms with Crippen molar-refractivity contribution in [2.24, 2.45) is 0 Å². The lowest BCUT2D eigenvalue weighted by atomic mass is 9.99.